The average Bonchev–Trinajstić information content (AvgIpc) is 2.88. The molecule has 0 saturated carbocycles. The minimum atomic E-state index is -0.409. The minimum Gasteiger partial charge on any atom is -0.467 e. The highest BCUT2D eigenvalue weighted by Gasteiger charge is 2.09. The summed E-state index contributed by atoms with van der Waals surface area (Å²) < 4.78 is 9.87. The van der Waals surface area contributed by atoms with E-state index in [0.29, 0.717) is 22.9 Å². The van der Waals surface area contributed by atoms with Crippen LogP contribution in [0.1, 0.15) is 21.7 Å². The number of carbonyl (C=O) groups excluding carboxylic acids is 1. The third-order valence-electron chi connectivity index (χ3n) is 2.71. The Hall–Kier alpha value is -1.94. The van der Waals surface area contributed by atoms with Crippen molar-refractivity contribution in [2.75, 3.05) is 12.4 Å². The van der Waals surface area contributed by atoms with Gasteiger partial charge in [-0.1, -0.05) is 17.7 Å². The van der Waals surface area contributed by atoms with Gasteiger partial charge in [0.1, 0.15) is 12.0 Å². The molecule has 0 spiro atoms. The van der Waals surface area contributed by atoms with Crippen LogP contribution in [-0.2, 0) is 11.3 Å². The Morgan fingerprint density at radius 2 is 2.21 bits per heavy atom. The summed E-state index contributed by atoms with van der Waals surface area (Å²) in [6.45, 7) is 2.41. The molecule has 1 aromatic carbocycles. The number of anilines is 1. The number of hydrogen-bond donors (Lipinski definition) is 1. The van der Waals surface area contributed by atoms with Crippen molar-refractivity contribution in [2.45, 2.75) is 13.5 Å². The van der Waals surface area contributed by atoms with Crippen molar-refractivity contribution in [3.63, 3.8) is 0 Å². The van der Waals surface area contributed by atoms with E-state index in [9.17, 15) is 4.79 Å². The summed E-state index contributed by atoms with van der Waals surface area (Å²) in [6.07, 6.45) is 1.38. The number of esters is 1. The van der Waals surface area contributed by atoms with E-state index in [4.69, 9.17) is 16.0 Å². The van der Waals surface area contributed by atoms with Crippen LogP contribution in [-0.4, -0.2) is 13.1 Å². The Bertz CT molecular complexity index is 592. The quantitative estimate of drug-likeness (QED) is 0.868. The molecule has 1 heterocycles. The number of carbonyl (C=O) groups is 1. The molecule has 0 radical (unpaired) electrons. The first-order valence-electron chi connectivity index (χ1n) is 5.76. The standard InChI is InChI=1S/C14H14ClNO3/c1-9-3-4-11(6-13(9)15)16-7-12-5-10(8-19-12)14(17)18-2/h3-6,8,16H,7H2,1-2H3. The van der Waals surface area contributed by atoms with E-state index >= 15 is 0 Å². The first-order valence-corrected chi connectivity index (χ1v) is 6.13. The topological polar surface area (TPSA) is 51.5 Å². The Morgan fingerprint density at radius 1 is 1.42 bits per heavy atom. The molecule has 1 aromatic heterocycles. The van der Waals surface area contributed by atoms with E-state index in [2.05, 4.69) is 10.1 Å². The van der Waals surface area contributed by atoms with Gasteiger partial charge >= 0.3 is 5.97 Å². The van der Waals surface area contributed by atoms with Gasteiger partial charge in [0.2, 0.25) is 0 Å². The van der Waals surface area contributed by atoms with Gasteiger partial charge in [-0.2, -0.15) is 0 Å². The molecule has 0 amide bonds. The molecule has 4 nitrogen and oxygen atoms in total. The summed E-state index contributed by atoms with van der Waals surface area (Å²) in [5, 5.41) is 3.88. The molecule has 2 aromatic rings. The molecule has 0 unspecified atom stereocenters. The van der Waals surface area contributed by atoms with Gasteiger partial charge in [-0.25, -0.2) is 4.79 Å². The highest BCUT2D eigenvalue weighted by Crippen LogP contribution is 2.20. The normalized spacial score (nSPS) is 10.3. The van der Waals surface area contributed by atoms with Gasteiger partial charge in [-0.15, -0.1) is 0 Å². The van der Waals surface area contributed by atoms with Crippen LogP contribution in [0.15, 0.2) is 34.9 Å². The van der Waals surface area contributed by atoms with Crippen LogP contribution >= 0.6 is 11.6 Å². The predicted octanol–water partition coefficient (Wildman–Crippen LogP) is 3.64. The summed E-state index contributed by atoms with van der Waals surface area (Å²) in [6, 6.07) is 7.37. The summed E-state index contributed by atoms with van der Waals surface area (Å²) in [7, 11) is 1.33. The Labute approximate surface area is 116 Å². The number of benzene rings is 1. The molecule has 0 bridgehead atoms. The van der Waals surface area contributed by atoms with Crippen LogP contribution in [0.2, 0.25) is 5.02 Å². The zero-order chi connectivity index (χ0) is 13.8. The van der Waals surface area contributed by atoms with Crippen molar-refractivity contribution in [3.05, 3.63) is 52.4 Å². The van der Waals surface area contributed by atoms with E-state index in [1.807, 2.05) is 25.1 Å². The van der Waals surface area contributed by atoms with Gasteiger partial charge < -0.3 is 14.5 Å². The first-order chi connectivity index (χ1) is 9.10. The summed E-state index contributed by atoms with van der Waals surface area (Å²) in [5.41, 5.74) is 2.33. The molecule has 0 atom stereocenters. The lowest BCUT2D eigenvalue weighted by Gasteiger charge is -2.06. The van der Waals surface area contributed by atoms with Gasteiger partial charge in [0.05, 0.1) is 19.2 Å². The molecule has 0 aliphatic heterocycles. The van der Waals surface area contributed by atoms with E-state index in [1.54, 1.807) is 6.07 Å². The Kier molecular flexibility index (Phi) is 4.12. The highest BCUT2D eigenvalue weighted by molar-refractivity contribution is 6.31. The fourth-order valence-corrected chi connectivity index (χ4v) is 1.77. The molecule has 0 aliphatic rings. The van der Waals surface area contributed by atoms with Gasteiger partial charge in [0.25, 0.3) is 0 Å². The smallest absolute Gasteiger partial charge is 0.341 e. The second kappa shape index (κ2) is 5.80. The Balaban J connectivity index is 2.00. The molecular weight excluding hydrogens is 266 g/mol. The number of nitrogens with one attached hydrogen (secondary N) is 1. The molecule has 0 fully saturated rings. The van der Waals surface area contributed by atoms with Crippen molar-refractivity contribution >= 4 is 23.3 Å². The molecule has 100 valence electrons. The van der Waals surface area contributed by atoms with Crippen LogP contribution in [0.25, 0.3) is 0 Å². The lowest BCUT2D eigenvalue weighted by atomic mass is 10.2. The van der Waals surface area contributed by atoms with E-state index in [1.165, 1.54) is 13.4 Å². The molecule has 19 heavy (non-hydrogen) atoms. The van der Waals surface area contributed by atoms with Gasteiger partial charge in [-0.05, 0) is 30.7 Å². The van der Waals surface area contributed by atoms with E-state index < -0.39 is 5.97 Å². The number of halogens is 1. The number of methoxy groups -OCH3 is 1. The van der Waals surface area contributed by atoms with Crippen molar-refractivity contribution in [2.24, 2.45) is 0 Å². The lowest BCUT2D eigenvalue weighted by molar-refractivity contribution is 0.0600. The summed E-state index contributed by atoms with van der Waals surface area (Å²) >= 11 is 6.04. The molecule has 1 N–H and O–H groups in total. The van der Waals surface area contributed by atoms with E-state index in [-0.39, 0.29) is 0 Å². The third kappa shape index (κ3) is 3.29. The second-order valence-electron chi connectivity index (χ2n) is 4.11. The number of ether oxygens (including phenoxy) is 1. The first kappa shape index (κ1) is 13.5. The SMILES string of the molecule is COC(=O)c1coc(CNc2ccc(C)c(Cl)c2)c1. The maximum Gasteiger partial charge on any atom is 0.341 e. The lowest BCUT2D eigenvalue weighted by Crippen LogP contribution is -2.00. The van der Waals surface area contributed by atoms with Crippen LogP contribution in [0, 0.1) is 6.92 Å². The molecule has 2 rings (SSSR count). The van der Waals surface area contributed by atoms with Crippen molar-refractivity contribution in [3.8, 4) is 0 Å². The summed E-state index contributed by atoms with van der Waals surface area (Å²) in [5.74, 6) is 0.241. The maximum atomic E-state index is 11.3. The molecule has 5 heteroatoms. The number of hydrogen-bond acceptors (Lipinski definition) is 4. The number of rotatable bonds is 4. The van der Waals surface area contributed by atoms with Crippen LogP contribution in [0.3, 0.4) is 0 Å². The predicted molar refractivity (Wildman–Crippen MR) is 73.6 cm³/mol. The number of aryl methyl sites for hydroxylation is 1. The molecular formula is C14H14ClNO3. The molecule has 0 saturated heterocycles. The number of furan rings is 1. The van der Waals surface area contributed by atoms with Crippen molar-refractivity contribution in [1.29, 1.82) is 0 Å². The van der Waals surface area contributed by atoms with E-state index in [0.717, 1.165) is 11.3 Å². The van der Waals surface area contributed by atoms with Crippen LogP contribution in [0.4, 0.5) is 5.69 Å². The van der Waals surface area contributed by atoms with Crippen LogP contribution < -0.4 is 5.32 Å². The van der Waals surface area contributed by atoms with Gasteiger partial charge in [0.15, 0.2) is 0 Å². The largest absolute Gasteiger partial charge is 0.467 e. The Morgan fingerprint density at radius 3 is 2.89 bits per heavy atom. The third-order valence-corrected chi connectivity index (χ3v) is 3.12. The zero-order valence-corrected chi connectivity index (χ0v) is 11.5. The zero-order valence-electron chi connectivity index (χ0n) is 10.7. The highest BCUT2D eigenvalue weighted by atomic mass is 35.5. The van der Waals surface area contributed by atoms with Crippen LogP contribution in [0.5, 0.6) is 0 Å². The average molecular weight is 280 g/mol. The van der Waals surface area contributed by atoms with Gasteiger partial charge in [0, 0.05) is 10.7 Å². The summed E-state index contributed by atoms with van der Waals surface area (Å²) in [4.78, 5) is 11.3. The maximum absolute atomic E-state index is 11.3. The van der Waals surface area contributed by atoms with Gasteiger partial charge in [-0.3, -0.25) is 0 Å². The second-order valence-corrected chi connectivity index (χ2v) is 4.52. The fraction of sp³-hybridized carbons (Fsp3) is 0.214. The monoisotopic (exact) mass is 279 g/mol. The van der Waals surface area contributed by atoms with Crippen molar-refractivity contribution in [1.82, 2.24) is 0 Å². The molecule has 0 aliphatic carbocycles. The minimum absolute atomic E-state index is 0.404. The van der Waals surface area contributed by atoms with Crippen molar-refractivity contribution < 1.29 is 13.9 Å². The fourth-order valence-electron chi connectivity index (χ4n) is 1.59.